The quantitative estimate of drug-likeness (QED) is 0.830. The van der Waals surface area contributed by atoms with Gasteiger partial charge in [0.05, 0.1) is 17.9 Å². The van der Waals surface area contributed by atoms with Gasteiger partial charge in [-0.2, -0.15) is 5.10 Å². The minimum Gasteiger partial charge on any atom is -0.478 e. The van der Waals surface area contributed by atoms with Gasteiger partial charge >= 0.3 is 5.97 Å². The summed E-state index contributed by atoms with van der Waals surface area (Å²) in [5.41, 5.74) is 0.959. The Bertz CT molecular complexity index is 574. The van der Waals surface area contributed by atoms with Gasteiger partial charge in [0.1, 0.15) is 5.56 Å². The van der Waals surface area contributed by atoms with E-state index in [0.717, 1.165) is 51.6 Å². The second kappa shape index (κ2) is 8.31. The lowest BCUT2D eigenvalue weighted by Crippen LogP contribution is -2.42. The van der Waals surface area contributed by atoms with E-state index in [1.54, 1.807) is 6.92 Å². The Morgan fingerprint density at radius 2 is 2.00 bits per heavy atom. The fourth-order valence-electron chi connectivity index (χ4n) is 3.54. The van der Waals surface area contributed by atoms with Gasteiger partial charge in [-0.15, -0.1) is 0 Å². The molecular formula is C18H29N3O3. The molecule has 0 bridgehead atoms. The highest BCUT2D eigenvalue weighted by Crippen LogP contribution is 2.26. The van der Waals surface area contributed by atoms with E-state index in [-0.39, 0.29) is 23.4 Å². The monoisotopic (exact) mass is 335 g/mol. The molecule has 1 atom stereocenters. The van der Waals surface area contributed by atoms with E-state index in [1.807, 2.05) is 9.58 Å². The van der Waals surface area contributed by atoms with Crippen molar-refractivity contribution in [2.45, 2.75) is 65.3 Å². The Hall–Kier alpha value is -1.85. The van der Waals surface area contributed by atoms with Crippen LogP contribution >= 0.6 is 0 Å². The fraction of sp³-hybridized carbons (Fsp3) is 0.722. The van der Waals surface area contributed by atoms with Crippen molar-refractivity contribution in [3.63, 3.8) is 0 Å². The zero-order valence-corrected chi connectivity index (χ0v) is 15.0. The van der Waals surface area contributed by atoms with E-state index in [2.05, 4.69) is 18.9 Å². The highest BCUT2D eigenvalue weighted by molar-refractivity contribution is 5.88. The molecule has 0 saturated carbocycles. The summed E-state index contributed by atoms with van der Waals surface area (Å²) < 4.78 is 1.82. The molecule has 2 rings (SSSR count). The van der Waals surface area contributed by atoms with Crippen LogP contribution in [0.25, 0.3) is 0 Å². The summed E-state index contributed by atoms with van der Waals surface area (Å²) in [4.78, 5) is 25.8. The van der Waals surface area contributed by atoms with E-state index in [4.69, 9.17) is 5.11 Å². The van der Waals surface area contributed by atoms with E-state index in [9.17, 15) is 9.59 Å². The number of aromatic carboxylic acids is 1. The third kappa shape index (κ3) is 3.97. The number of hydrogen-bond donors (Lipinski definition) is 1. The molecule has 1 aliphatic rings. The summed E-state index contributed by atoms with van der Waals surface area (Å²) in [5, 5.41) is 13.4. The second-order valence-corrected chi connectivity index (χ2v) is 6.70. The van der Waals surface area contributed by atoms with Crippen molar-refractivity contribution in [2.24, 2.45) is 5.92 Å². The average molecular weight is 335 g/mol. The Morgan fingerprint density at radius 3 is 2.50 bits per heavy atom. The van der Waals surface area contributed by atoms with E-state index in [0.29, 0.717) is 5.69 Å². The molecule has 0 aliphatic carbocycles. The van der Waals surface area contributed by atoms with Gasteiger partial charge in [-0.25, -0.2) is 4.79 Å². The number of carboxylic acid groups (broad SMARTS) is 1. The standard InChI is InChI=1S/C18H29N3O3/c1-4-6-7-14(5-2)17(22)20-10-8-15(9-11-20)21-13(3)16(12-19-21)18(23)24/h12,14-15H,4-11H2,1-3H3,(H,23,24). The van der Waals surface area contributed by atoms with Crippen molar-refractivity contribution >= 4 is 11.9 Å². The first kappa shape index (κ1) is 18.5. The number of likely N-dealkylation sites (tertiary alicyclic amines) is 1. The summed E-state index contributed by atoms with van der Waals surface area (Å²) in [6.45, 7) is 7.50. The minimum atomic E-state index is -0.937. The predicted molar refractivity (Wildman–Crippen MR) is 92.1 cm³/mol. The van der Waals surface area contributed by atoms with E-state index in [1.165, 1.54) is 6.20 Å². The average Bonchev–Trinajstić information content (AvgIpc) is 2.97. The molecule has 1 N–H and O–H groups in total. The number of rotatable bonds is 7. The molecule has 0 aromatic carbocycles. The van der Waals surface area contributed by atoms with Gasteiger partial charge < -0.3 is 10.0 Å². The molecule has 1 fully saturated rings. The van der Waals surface area contributed by atoms with Crippen LogP contribution in [0.2, 0.25) is 0 Å². The number of nitrogens with zero attached hydrogens (tertiary/aromatic N) is 3. The van der Waals surface area contributed by atoms with Crippen LogP contribution in [0, 0.1) is 12.8 Å². The molecular weight excluding hydrogens is 306 g/mol. The summed E-state index contributed by atoms with van der Waals surface area (Å²) in [5.74, 6) is -0.507. The molecule has 2 heterocycles. The van der Waals surface area contributed by atoms with Gasteiger partial charge in [-0.1, -0.05) is 26.7 Å². The van der Waals surface area contributed by atoms with Gasteiger partial charge in [0.2, 0.25) is 5.91 Å². The number of aromatic nitrogens is 2. The maximum Gasteiger partial charge on any atom is 0.339 e. The molecule has 1 amide bonds. The number of carboxylic acids is 1. The van der Waals surface area contributed by atoms with Gasteiger partial charge in [0.25, 0.3) is 0 Å². The van der Waals surface area contributed by atoms with Crippen molar-refractivity contribution < 1.29 is 14.7 Å². The van der Waals surface area contributed by atoms with Crippen LogP contribution < -0.4 is 0 Å². The van der Waals surface area contributed by atoms with Crippen LogP contribution in [0.1, 0.15) is 74.5 Å². The Kier molecular flexibility index (Phi) is 6.40. The Labute approximate surface area is 143 Å². The van der Waals surface area contributed by atoms with Crippen LogP contribution in [-0.2, 0) is 4.79 Å². The number of hydrogen-bond acceptors (Lipinski definition) is 3. The van der Waals surface area contributed by atoms with Crippen molar-refractivity contribution in [2.75, 3.05) is 13.1 Å². The third-order valence-electron chi connectivity index (χ3n) is 5.15. The lowest BCUT2D eigenvalue weighted by atomic mass is 9.96. The van der Waals surface area contributed by atoms with Gasteiger partial charge in [-0.3, -0.25) is 9.48 Å². The van der Waals surface area contributed by atoms with Crippen LogP contribution in [-0.4, -0.2) is 44.8 Å². The number of carbonyl (C=O) groups is 2. The lowest BCUT2D eigenvalue weighted by Gasteiger charge is -2.34. The van der Waals surface area contributed by atoms with Crippen molar-refractivity contribution in [1.82, 2.24) is 14.7 Å². The lowest BCUT2D eigenvalue weighted by molar-refractivity contribution is -0.137. The molecule has 1 aromatic rings. The second-order valence-electron chi connectivity index (χ2n) is 6.70. The molecule has 1 aliphatic heterocycles. The molecule has 0 radical (unpaired) electrons. The normalized spacial score (nSPS) is 17.0. The van der Waals surface area contributed by atoms with Crippen LogP contribution in [0.4, 0.5) is 0 Å². The van der Waals surface area contributed by atoms with Crippen molar-refractivity contribution in [1.29, 1.82) is 0 Å². The van der Waals surface area contributed by atoms with Gasteiger partial charge in [0, 0.05) is 19.0 Å². The zero-order valence-electron chi connectivity index (χ0n) is 15.0. The highest BCUT2D eigenvalue weighted by Gasteiger charge is 2.29. The number of carbonyl (C=O) groups excluding carboxylic acids is 1. The first-order chi connectivity index (χ1) is 11.5. The van der Waals surface area contributed by atoms with Crippen LogP contribution in [0.3, 0.4) is 0 Å². The summed E-state index contributed by atoms with van der Waals surface area (Å²) in [6, 6.07) is 0.179. The summed E-state index contributed by atoms with van der Waals surface area (Å²) in [7, 11) is 0. The first-order valence-corrected chi connectivity index (χ1v) is 9.05. The summed E-state index contributed by atoms with van der Waals surface area (Å²) in [6.07, 6.45) is 7.19. The zero-order chi connectivity index (χ0) is 17.7. The molecule has 1 unspecified atom stereocenters. The smallest absolute Gasteiger partial charge is 0.339 e. The van der Waals surface area contributed by atoms with Crippen molar-refractivity contribution in [3.05, 3.63) is 17.5 Å². The van der Waals surface area contributed by atoms with Crippen LogP contribution in [0.5, 0.6) is 0 Å². The maximum absolute atomic E-state index is 12.7. The van der Waals surface area contributed by atoms with Crippen LogP contribution in [0.15, 0.2) is 6.20 Å². The third-order valence-corrected chi connectivity index (χ3v) is 5.15. The summed E-state index contributed by atoms with van der Waals surface area (Å²) >= 11 is 0. The molecule has 1 aromatic heterocycles. The minimum absolute atomic E-state index is 0.145. The number of amides is 1. The molecule has 6 nitrogen and oxygen atoms in total. The largest absolute Gasteiger partial charge is 0.478 e. The highest BCUT2D eigenvalue weighted by atomic mass is 16.4. The first-order valence-electron chi connectivity index (χ1n) is 9.05. The molecule has 134 valence electrons. The van der Waals surface area contributed by atoms with Gasteiger partial charge in [-0.05, 0) is 32.6 Å². The van der Waals surface area contributed by atoms with E-state index >= 15 is 0 Å². The SMILES string of the molecule is CCCCC(CC)C(=O)N1CCC(n2ncc(C(=O)O)c2C)CC1. The fourth-order valence-corrected chi connectivity index (χ4v) is 3.54. The Balaban J connectivity index is 1.95. The van der Waals surface area contributed by atoms with Crippen molar-refractivity contribution in [3.8, 4) is 0 Å². The predicted octanol–water partition coefficient (Wildman–Crippen LogP) is 3.27. The molecule has 1 saturated heterocycles. The molecule has 24 heavy (non-hydrogen) atoms. The topological polar surface area (TPSA) is 75.4 Å². The van der Waals surface area contributed by atoms with Gasteiger partial charge in [0.15, 0.2) is 0 Å². The number of piperidine rings is 1. The maximum atomic E-state index is 12.7. The molecule has 0 spiro atoms. The number of unbranched alkanes of at least 4 members (excludes halogenated alkanes) is 1. The van der Waals surface area contributed by atoms with E-state index < -0.39 is 5.97 Å². The Morgan fingerprint density at radius 1 is 1.33 bits per heavy atom. The molecule has 6 heteroatoms.